The zero-order valence-electron chi connectivity index (χ0n) is 8.79. The lowest BCUT2D eigenvalue weighted by Crippen LogP contribution is -2.30. The van der Waals surface area contributed by atoms with E-state index in [2.05, 4.69) is 24.4 Å². The molecule has 1 atom stereocenters. The molecule has 3 heteroatoms. The van der Waals surface area contributed by atoms with E-state index < -0.39 is 5.97 Å². The summed E-state index contributed by atoms with van der Waals surface area (Å²) in [7, 11) is 0. The van der Waals surface area contributed by atoms with E-state index in [1.807, 2.05) is 6.07 Å². The molecule has 0 aliphatic carbocycles. The first-order valence-electron chi connectivity index (χ1n) is 5.19. The number of carbonyl (C=O) groups is 1. The van der Waals surface area contributed by atoms with Crippen LogP contribution in [0.3, 0.4) is 0 Å². The summed E-state index contributed by atoms with van der Waals surface area (Å²) < 4.78 is 0. The van der Waals surface area contributed by atoms with Gasteiger partial charge in [-0.05, 0) is 23.6 Å². The van der Waals surface area contributed by atoms with Gasteiger partial charge in [0.25, 0.3) is 0 Å². The number of carboxylic acids is 1. The number of hydrogen-bond acceptors (Lipinski definition) is 2. The lowest BCUT2D eigenvalue weighted by Gasteiger charge is -2.26. The molecule has 1 aromatic rings. The third-order valence-corrected chi connectivity index (χ3v) is 3.00. The highest BCUT2D eigenvalue weighted by molar-refractivity contribution is 5.68. The van der Waals surface area contributed by atoms with Gasteiger partial charge in [-0.3, -0.25) is 4.79 Å². The highest BCUT2D eigenvalue weighted by Crippen LogP contribution is 2.28. The second-order valence-electron chi connectivity index (χ2n) is 4.07. The lowest BCUT2D eigenvalue weighted by atomic mass is 9.86. The Morgan fingerprint density at radius 3 is 3.13 bits per heavy atom. The minimum atomic E-state index is -0.726. The van der Waals surface area contributed by atoms with Crippen LogP contribution in [0.2, 0.25) is 0 Å². The molecule has 0 radical (unpaired) electrons. The van der Waals surface area contributed by atoms with Crippen LogP contribution in [0.15, 0.2) is 18.2 Å². The Kier molecular flexibility index (Phi) is 2.73. The molecule has 2 rings (SSSR count). The first-order chi connectivity index (χ1) is 7.18. The minimum absolute atomic E-state index is 0.117. The van der Waals surface area contributed by atoms with Crippen molar-refractivity contribution in [1.29, 1.82) is 0 Å². The summed E-state index contributed by atoms with van der Waals surface area (Å²) in [5.41, 5.74) is 3.72. The Labute approximate surface area is 89.1 Å². The molecule has 0 amide bonds. The molecule has 1 heterocycles. The van der Waals surface area contributed by atoms with Crippen molar-refractivity contribution in [2.45, 2.75) is 25.8 Å². The molecule has 2 N–H and O–H groups in total. The van der Waals surface area contributed by atoms with Gasteiger partial charge in [-0.2, -0.15) is 0 Å². The van der Waals surface area contributed by atoms with Crippen molar-refractivity contribution < 1.29 is 9.90 Å². The molecule has 3 nitrogen and oxygen atoms in total. The Morgan fingerprint density at radius 2 is 2.40 bits per heavy atom. The summed E-state index contributed by atoms with van der Waals surface area (Å²) in [6.45, 7) is 3.70. The third kappa shape index (κ3) is 2.02. The fourth-order valence-corrected chi connectivity index (χ4v) is 2.22. The second-order valence-corrected chi connectivity index (χ2v) is 4.07. The molecule has 0 aromatic heterocycles. The number of carboxylic acid groups (broad SMARTS) is 1. The Balaban J connectivity index is 2.34. The van der Waals surface area contributed by atoms with E-state index in [4.69, 9.17) is 5.11 Å². The van der Waals surface area contributed by atoms with Crippen molar-refractivity contribution in [3.63, 3.8) is 0 Å². The summed E-state index contributed by atoms with van der Waals surface area (Å²) in [5, 5.41) is 12.1. The van der Waals surface area contributed by atoms with E-state index in [9.17, 15) is 4.79 Å². The van der Waals surface area contributed by atoms with Crippen molar-refractivity contribution >= 4 is 5.97 Å². The minimum Gasteiger partial charge on any atom is -0.481 e. The van der Waals surface area contributed by atoms with Gasteiger partial charge in [-0.1, -0.05) is 18.2 Å². The molecule has 1 aliphatic heterocycles. The largest absolute Gasteiger partial charge is 0.481 e. The first-order valence-corrected chi connectivity index (χ1v) is 5.19. The second kappa shape index (κ2) is 4.03. The van der Waals surface area contributed by atoms with Crippen LogP contribution >= 0.6 is 0 Å². The monoisotopic (exact) mass is 205 g/mol. The van der Waals surface area contributed by atoms with Gasteiger partial charge < -0.3 is 10.4 Å². The topological polar surface area (TPSA) is 49.3 Å². The number of aliphatic carboxylic acids is 1. The van der Waals surface area contributed by atoms with Crippen LogP contribution in [0.4, 0.5) is 0 Å². The van der Waals surface area contributed by atoms with Crippen LogP contribution in [-0.2, 0) is 11.3 Å². The molecule has 0 fully saturated rings. The quantitative estimate of drug-likeness (QED) is 0.772. The Morgan fingerprint density at radius 1 is 1.60 bits per heavy atom. The van der Waals surface area contributed by atoms with Crippen LogP contribution in [0.5, 0.6) is 0 Å². The zero-order chi connectivity index (χ0) is 10.8. The normalized spacial score (nSPS) is 19.7. The number of rotatable bonds is 2. The summed E-state index contributed by atoms with van der Waals surface area (Å²) in [6, 6.07) is 6.13. The van der Waals surface area contributed by atoms with Gasteiger partial charge in [-0.25, -0.2) is 0 Å². The van der Waals surface area contributed by atoms with Crippen molar-refractivity contribution in [2.75, 3.05) is 6.54 Å². The fraction of sp³-hybridized carbons (Fsp3) is 0.417. The average Bonchev–Trinajstić information content (AvgIpc) is 2.19. The van der Waals surface area contributed by atoms with Crippen LogP contribution in [0.1, 0.15) is 29.0 Å². The highest BCUT2D eigenvalue weighted by atomic mass is 16.4. The molecular formula is C12H15NO2. The van der Waals surface area contributed by atoms with E-state index in [0.717, 1.165) is 13.1 Å². The molecular weight excluding hydrogens is 190 g/mol. The van der Waals surface area contributed by atoms with Crippen LogP contribution in [-0.4, -0.2) is 17.6 Å². The van der Waals surface area contributed by atoms with Gasteiger partial charge in [0.2, 0.25) is 0 Å². The number of nitrogens with one attached hydrogen (secondary N) is 1. The first kappa shape index (κ1) is 10.2. The maximum Gasteiger partial charge on any atom is 0.304 e. The maximum atomic E-state index is 10.7. The molecule has 1 aliphatic rings. The SMILES string of the molecule is Cc1cccc2c1CNCC2CC(=O)O. The van der Waals surface area contributed by atoms with Crippen molar-refractivity contribution in [3.05, 3.63) is 34.9 Å². The summed E-state index contributed by atoms with van der Waals surface area (Å²) >= 11 is 0. The molecule has 0 saturated carbocycles. The smallest absolute Gasteiger partial charge is 0.304 e. The van der Waals surface area contributed by atoms with Gasteiger partial charge in [0.1, 0.15) is 0 Å². The number of fused-ring (bicyclic) bond motifs is 1. The molecule has 80 valence electrons. The predicted molar refractivity (Wildman–Crippen MR) is 57.9 cm³/mol. The number of aryl methyl sites for hydroxylation is 1. The molecule has 15 heavy (non-hydrogen) atoms. The van der Waals surface area contributed by atoms with E-state index in [1.165, 1.54) is 16.7 Å². The highest BCUT2D eigenvalue weighted by Gasteiger charge is 2.22. The zero-order valence-corrected chi connectivity index (χ0v) is 8.79. The third-order valence-electron chi connectivity index (χ3n) is 3.00. The standard InChI is InChI=1S/C12H15NO2/c1-8-3-2-4-10-9(5-12(14)15)6-13-7-11(8)10/h2-4,9,13H,5-7H2,1H3,(H,14,15). The maximum absolute atomic E-state index is 10.7. The molecule has 0 bridgehead atoms. The molecule has 0 spiro atoms. The summed E-state index contributed by atoms with van der Waals surface area (Å²) in [5.74, 6) is -0.609. The van der Waals surface area contributed by atoms with Gasteiger partial charge in [0.15, 0.2) is 0 Å². The van der Waals surface area contributed by atoms with Gasteiger partial charge >= 0.3 is 5.97 Å². The van der Waals surface area contributed by atoms with E-state index >= 15 is 0 Å². The number of hydrogen-bond donors (Lipinski definition) is 2. The van der Waals surface area contributed by atoms with Crippen LogP contribution in [0, 0.1) is 6.92 Å². The summed E-state index contributed by atoms with van der Waals surface area (Å²) in [4.78, 5) is 10.7. The van der Waals surface area contributed by atoms with Crippen molar-refractivity contribution in [1.82, 2.24) is 5.32 Å². The van der Waals surface area contributed by atoms with Crippen molar-refractivity contribution in [3.8, 4) is 0 Å². The molecule has 0 saturated heterocycles. The Hall–Kier alpha value is -1.35. The van der Waals surface area contributed by atoms with Crippen LogP contribution < -0.4 is 5.32 Å². The fourth-order valence-electron chi connectivity index (χ4n) is 2.22. The Bertz CT molecular complexity index is 387. The van der Waals surface area contributed by atoms with Crippen molar-refractivity contribution in [2.24, 2.45) is 0 Å². The van der Waals surface area contributed by atoms with E-state index in [-0.39, 0.29) is 12.3 Å². The molecule has 1 aromatic carbocycles. The van der Waals surface area contributed by atoms with Gasteiger partial charge in [0, 0.05) is 19.0 Å². The van der Waals surface area contributed by atoms with E-state index in [0.29, 0.717) is 0 Å². The van der Waals surface area contributed by atoms with Gasteiger partial charge in [-0.15, -0.1) is 0 Å². The van der Waals surface area contributed by atoms with Gasteiger partial charge in [0.05, 0.1) is 6.42 Å². The summed E-state index contributed by atoms with van der Waals surface area (Å²) in [6.07, 6.45) is 0.212. The average molecular weight is 205 g/mol. The van der Waals surface area contributed by atoms with E-state index in [1.54, 1.807) is 0 Å². The molecule has 1 unspecified atom stereocenters. The predicted octanol–water partition coefficient (Wildman–Crippen LogP) is 1.66. The number of benzene rings is 1. The van der Waals surface area contributed by atoms with Crippen LogP contribution in [0.25, 0.3) is 0 Å². The lowest BCUT2D eigenvalue weighted by molar-refractivity contribution is -0.137.